The Morgan fingerprint density at radius 3 is 2.12 bits per heavy atom. The lowest BCUT2D eigenvalue weighted by molar-refractivity contribution is -0.143. The Hall–Kier alpha value is -5.66. The Kier molecular flexibility index (Phi) is 15.5. The molecular formula is C45H52F3N5O5. The summed E-state index contributed by atoms with van der Waals surface area (Å²) in [5.74, 6) is -0.00735. The molecule has 1 heterocycles. The normalized spacial score (nSPS) is 13.8. The Bertz CT molecular complexity index is 1970. The third-order valence-electron chi connectivity index (χ3n) is 10.2. The third-order valence-corrected chi connectivity index (χ3v) is 10.2. The molecule has 0 spiro atoms. The van der Waals surface area contributed by atoms with Crippen molar-refractivity contribution in [3.8, 4) is 5.75 Å². The van der Waals surface area contributed by atoms with Gasteiger partial charge in [-0.25, -0.2) is 0 Å². The molecule has 58 heavy (non-hydrogen) atoms. The number of carbonyl (C=O) groups is 3. The van der Waals surface area contributed by atoms with E-state index in [2.05, 4.69) is 9.80 Å². The zero-order valence-electron chi connectivity index (χ0n) is 33.3. The third kappa shape index (κ3) is 12.7. The summed E-state index contributed by atoms with van der Waals surface area (Å²) in [5.41, 5.74) is 3.27. The van der Waals surface area contributed by atoms with Gasteiger partial charge in [0, 0.05) is 84.5 Å². The summed E-state index contributed by atoms with van der Waals surface area (Å²) >= 11 is 0. The molecule has 0 radical (unpaired) electrons. The van der Waals surface area contributed by atoms with Crippen LogP contribution in [0.25, 0.3) is 6.08 Å². The predicted molar refractivity (Wildman–Crippen MR) is 219 cm³/mol. The molecule has 1 fully saturated rings. The van der Waals surface area contributed by atoms with Gasteiger partial charge in [0.15, 0.2) is 0 Å². The highest BCUT2D eigenvalue weighted by Gasteiger charge is 2.32. The Morgan fingerprint density at radius 1 is 0.810 bits per heavy atom. The van der Waals surface area contributed by atoms with Crippen LogP contribution in [0.15, 0.2) is 109 Å². The summed E-state index contributed by atoms with van der Waals surface area (Å²) in [4.78, 5) is 50.0. The van der Waals surface area contributed by atoms with E-state index in [1.807, 2.05) is 90.8 Å². The van der Waals surface area contributed by atoms with Crippen LogP contribution in [0, 0.1) is 0 Å². The van der Waals surface area contributed by atoms with Gasteiger partial charge < -0.3 is 34.3 Å². The Balaban J connectivity index is 1.38. The van der Waals surface area contributed by atoms with Crippen molar-refractivity contribution in [2.75, 3.05) is 71.5 Å². The van der Waals surface area contributed by atoms with Gasteiger partial charge in [0.05, 0.1) is 12.2 Å². The van der Waals surface area contributed by atoms with Gasteiger partial charge in [-0.3, -0.25) is 14.4 Å². The molecule has 3 amide bonds. The summed E-state index contributed by atoms with van der Waals surface area (Å²) in [5, 5.41) is 9.12. The van der Waals surface area contributed by atoms with Crippen molar-refractivity contribution >= 4 is 29.5 Å². The van der Waals surface area contributed by atoms with Gasteiger partial charge in [-0.2, -0.15) is 13.2 Å². The number of ether oxygens (including phenoxy) is 1. The van der Waals surface area contributed by atoms with Gasteiger partial charge in [0.2, 0.25) is 17.7 Å². The van der Waals surface area contributed by atoms with Crippen LogP contribution in [-0.4, -0.2) is 115 Å². The first kappa shape index (κ1) is 43.5. The number of benzene rings is 4. The summed E-state index contributed by atoms with van der Waals surface area (Å²) in [6.07, 6.45) is -1.48. The first-order valence-electron chi connectivity index (χ1n) is 19.4. The largest absolute Gasteiger partial charge is 0.491 e. The van der Waals surface area contributed by atoms with E-state index in [0.29, 0.717) is 57.1 Å². The van der Waals surface area contributed by atoms with Crippen LogP contribution in [0.3, 0.4) is 0 Å². The van der Waals surface area contributed by atoms with Crippen molar-refractivity contribution in [3.63, 3.8) is 0 Å². The average Bonchev–Trinajstić information content (AvgIpc) is 3.22. The van der Waals surface area contributed by atoms with E-state index in [9.17, 15) is 27.6 Å². The fourth-order valence-corrected chi connectivity index (χ4v) is 6.82. The molecule has 4 aromatic rings. The van der Waals surface area contributed by atoms with Gasteiger partial charge >= 0.3 is 6.18 Å². The van der Waals surface area contributed by atoms with Crippen LogP contribution >= 0.6 is 0 Å². The number of aliphatic hydroxyl groups is 1. The van der Waals surface area contributed by atoms with E-state index in [1.165, 1.54) is 29.2 Å². The van der Waals surface area contributed by atoms with Gasteiger partial charge in [0.1, 0.15) is 18.4 Å². The Labute approximate surface area is 338 Å². The lowest BCUT2D eigenvalue weighted by Gasteiger charge is -2.36. The molecule has 0 aromatic heterocycles. The number of hydrogen-bond donors (Lipinski definition) is 1. The second-order valence-electron chi connectivity index (χ2n) is 14.5. The minimum absolute atomic E-state index is 0.0523. The lowest BCUT2D eigenvalue weighted by Crippen LogP contribution is -2.51. The highest BCUT2D eigenvalue weighted by molar-refractivity contribution is 5.95. The van der Waals surface area contributed by atoms with Gasteiger partial charge in [-0.05, 0) is 71.8 Å². The van der Waals surface area contributed by atoms with E-state index in [4.69, 9.17) is 9.84 Å². The first-order chi connectivity index (χ1) is 27.8. The second-order valence-corrected chi connectivity index (χ2v) is 14.5. The van der Waals surface area contributed by atoms with Crippen molar-refractivity contribution in [1.29, 1.82) is 0 Å². The van der Waals surface area contributed by atoms with E-state index < -0.39 is 23.7 Å². The summed E-state index contributed by atoms with van der Waals surface area (Å²) in [7, 11) is 3.68. The molecule has 1 saturated heterocycles. The minimum Gasteiger partial charge on any atom is -0.491 e. The fourth-order valence-electron chi connectivity index (χ4n) is 6.82. The van der Waals surface area contributed by atoms with Crippen molar-refractivity contribution < 1.29 is 37.4 Å². The maximum Gasteiger partial charge on any atom is 0.416 e. The van der Waals surface area contributed by atoms with Crippen LogP contribution in [0.2, 0.25) is 0 Å². The minimum atomic E-state index is -4.49. The van der Waals surface area contributed by atoms with Crippen molar-refractivity contribution in [2.24, 2.45) is 0 Å². The second kappa shape index (κ2) is 20.7. The van der Waals surface area contributed by atoms with Crippen molar-refractivity contribution in [3.05, 3.63) is 137 Å². The molecule has 308 valence electrons. The molecule has 1 aliphatic rings. The molecule has 1 aliphatic heterocycles. The molecule has 0 saturated carbocycles. The summed E-state index contributed by atoms with van der Waals surface area (Å²) in [6, 6.07) is 28.5. The Morgan fingerprint density at radius 2 is 1.48 bits per heavy atom. The number of piperazine rings is 1. The molecule has 1 N–H and O–H groups in total. The van der Waals surface area contributed by atoms with Crippen LogP contribution in [0.5, 0.6) is 5.75 Å². The molecule has 10 nitrogen and oxygen atoms in total. The van der Waals surface area contributed by atoms with Crippen molar-refractivity contribution in [2.45, 2.75) is 38.7 Å². The number of halogens is 3. The summed E-state index contributed by atoms with van der Waals surface area (Å²) in [6.45, 7) is 5.93. The number of amides is 3. The van der Waals surface area contributed by atoms with E-state index >= 15 is 0 Å². The van der Waals surface area contributed by atoms with E-state index in [-0.39, 0.29) is 38.0 Å². The smallest absolute Gasteiger partial charge is 0.416 e. The number of nitrogens with zero attached hydrogens (tertiary/aromatic N) is 5. The number of carbonyl (C=O) groups excluding carboxylic acids is 3. The lowest BCUT2D eigenvalue weighted by atomic mass is 10.0. The molecule has 0 aliphatic carbocycles. The summed E-state index contributed by atoms with van der Waals surface area (Å²) < 4.78 is 45.3. The van der Waals surface area contributed by atoms with E-state index in [1.54, 1.807) is 18.9 Å². The number of anilines is 1. The number of alkyl halides is 3. The predicted octanol–water partition coefficient (Wildman–Crippen LogP) is 5.99. The highest BCUT2D eigenvalue weighted by atomic mass is 19.4. The molecule has 13 heteroatoms. The molecule has 0 bridgehead atoms. The highest BCUT2D eigenvalue weighted by Crippen LogP contribution is 2.29. The topological polar surface area (TPSA) is 96.9 Å². The molecule has 4 aromatic carbocycles. The number of hydrogen-bond acceptors (Lipinski definition) is 7. The van der Waals surface area contributed by atoms with E-state index in [0.717, 1.165) is 34.5 Å². The maximum atomic E-state index is 14.6. The zero-order chi connectivity index (χ0) is 41.7. The van der Waals surface area contributed by atoms with Gasteiger partial charge in [0.25, 0.3) is 0 Å². The van der Waals surface area contributed by atoms with Crippen LogP contribution in [0.4, 0.5) is 18.9 Å². The standard InChI is InChI=1S/C45H52F3N5O5/c1-34(55)51-24-26-52(27-25-51)40-19-14-37(15-20-40)33-53(43(56)21-16-35-12-17-39(18-13-35)45(46,47)48)42(31-36-8-5-4-6-9-36)44(57)50(3)23-22-49(2)32-38-10-7-11-41(30-38)58-29-28-54/h4-21,30,42,54H,22-29,31-33H2,1-3H3. The first-order valence-corrected chi connectivity index (χ1v) is 19.4. The average molecular weight is 800 g/mol. The van der Waals surface area contributed by atoms with Crippen LogP contribution in [-0.2, 0) is 40.1 Å². The molecular weight excluding hydrogens is 748 g/mol. The molecule has 1 atom stereocenters. The number of aliphatic hydroxyl groups excluding tert-OH is 1. The fraction of sp³-hybridized carbons (Fsp3) is 0.356. The van der Waals surface area contributed by atoms with Crippen LogP contribution < -0.4 is 9.64 Å². The van der Waals surface area contributed by atoms with Crippen LogP contribution in [0.1, 0.15) is 34.7 Å². The van der Waals surface area contributed by atoms with Gasteiger partial charge in [-0.15, -0.1) is 0 Å². The molecule has 5 rings (SSSR count). The monoisotopic (exact) mass is 799 g/mol. The SMILES string of the molecule is CC(=O)N1CCN(c2ccc(CN(C(=O)C=Cc3ccc(C(F)(F)F)cc3)C(Cc3ccccc3)C(=O)N(C)CCN(C)Cc3cccc(OCCO)c3)cc2)CC1. The van der Waals surface area contributed by atoms with Gasteiger partial charge in [-0.1, -0.05) is 66.7 Å². The zero-order valence-corrected chi connectivity index (χ0v) is 33.3. The number of rotatable bonds is 17. The molecule has 1 unspecified atom stereocenters. The quantitative estimate of drug-likeness (QED) is 0.131. The number of likely N-dealkylation sites (N-methyl/N-ethyl adjacent to an activating group) is 2. The van der Waals surface area contributed by atoms with Crippen molar-refractivity contribution in [1.82, 2.24) is 19.6 Å². The maximum absolute atomic E-state index is 14.6.